The second-order valence-electron chi connectivity index (χ2n) is 8.36. The van der Waals surface area contributed by atoms with Crippen LogP contribution in [-0.2, 0) is 11.2 Å². The summed E-state index contributed by atoms with van der Waals surface area (Å²) in [5, 5.41) is 11.2. The Morgan fingerprint density at radius 1 is 1.30 bits per heavy atom. The predicted molar refractivity (Wildman–Crippen MR) is 113 cm³/mol. The number of aryl methyl sites for hydroxylation is 2. The summed E-state index contributed by atoms with van der Waals surface area (Å²) >= 11 is 6.02. The molecule has 30 heavy (non-hydrogen) atoms. The van der Waals surface area contributed by atoms with Crippen LogP contribution in [0.25, 0.3) is 0 Å². The molecule has 2 aromatic rings. The average Bonchev–Trinajstić information content (AvgIpc) is 3.07. The molecule has 7 nitrogen and oxygen atoms in total. The van der Waals surface area contributed by atoms with Gasteiger partial charge in [0, 0.05) is 29.4 Å². The zero-order valence-electron chi connectivity index (χ0n) is 17.1. The molecule has 0 bridgehead atoms. The van der Waals surface area contributed by atoms with E-state index in [9.17, 15) is 14.7 Å². The van der Waals surface area contributed by atoms with Crippen LogP contribution in [0.3, 0.4) is 0 Å². The number of likely N-dealkylation sites (tertiary alicyclic amines) is 1. The molecular weight excluding hydrogens is 406 g/mol. The number of fused-ring (bicyclic) bond motifs is 1. The van der Waals surface area contributed by atoms with Crippen molar-refractivity contribution in [2.24, 2.45) is 11.8 Å². The lowest BCUT2D eigenvalue weighted by Crippen LogP contribution is -2.42. The lowest BCUT2D eigenvalue weighted by atomic mass is 9.78. The SMILES string of the molecule is Cc1nc(C)c(CC(=O)N2C[C@H]3C[C@@H](Oc4cccc(Cl)c4)[C@H](O)C[C@H]3C2)c(=O)[nH]1. The van der Waals surface area contributed by atoms with Crippen molar-refractivity contribution in [2.75, 3.05) is 13.1 Å². The summed E-state index contributed by atoms with van der Waals surface area (Å²) in [4.78, 5) is 33.8. The molecule has 0 unspecified atom stereocenters. The van der Waals surface area contributed by atoms with Crippen molar-refractivity contribution in [2.45, 2.75) is 45.3 Å². The molecule has 2 fully saturated rings. The molecule has 1 aromatic heterocycles. The third-order valence-electron chi connectivity index (χ3n) is 6.19. The Morgan fingerprint density at radius 3 is 2.73 bits per heavy atom. The van der Waals surface area contributed by atoms with Crippen molar-refractivity contribution in [3.05, 3.63) is 56.7 Å². The van der Waals surface area contributed by atoms with Gasteiger partial charge in [-0.15, -0.1) is 0 Å². The summed E-state index contributed by atoms with van der Waals surface area (Å²) in [7, 11) is 0. The number of aromatic amines is 1. The largest absolute Gasteiger partial charge is 0.488 e. The number of carbonyl (C=O) groups excluding carboxylic acids is 1. The molecule has 1 aliphatic heterocycles. The molecule has 2 aliphatic rings. The molecule has 4 atom stereocenters. The first-order valence-electron chi connectivity index (χ1n) is 10.2. The van der Waals surface area contributed by atoms with Crippen LogP contribution in [0.15, 0.2) is 29.1 Å². The Kier molecular flexibility index (Phi) is 5.84. The molecule has 2 N–H and O–H groups in total. The van der Waals surface area contributed by atoms with Gasteiger partial charge in [-0.3, -0.25) is 9.59 Å². The topological polar surface area (TPSA) is 95.5 Å². The molecule has 0 spiro atoms. The number of benzene rings is 1. The van der Waals surface area contributed by atoms with Crippen molar-refractivity contribution in [1.82, 2.24) is 14.9 Å². The molecule has 4 rings (SSSR count). The van der Waals surface area contributed by atoms with Gasteiger partial charge in [0.05, 0.1) is 12.5 Å². The maximum absolute atomic E-state index is 12.9. The van der Waals surface area contributed by atoms with E-state index in [0.29, 0.717) is 53.8 Å². The van der Waals surface area contributed by atoms with Crippen LogP contribution in [0.4, 0.5) is 0 Å². The highest BCUT2D eigenvalue weighted by Crippen LogP contribution is 2.38. The fourth-order valence-corrected chi connectivity index (χ4v) is 4.84. The zero-order valence-corrected chi connectivity index (χ0v) is 17.9. The van der Waals surface area contributed by atoms with Gasteiger partial charge in [-0.2, -0.15) is 0 Å². The molecule has 1 saturated carbocycles. The second-order valence-corrected chi connectivity index (χ2v) is 8.80. The van der Waals surface area contributed by atoms with E-state index in [1.54, 1.807) is 26.0 Å². The lowest BCUT2D eigenvalue weighted by molar-refractivity contribution is -0.129. The van der Waals surface area contributed by atoms with E-state index in [2.05, 4.69) is 9.97 Å². The fourth-order valence-electron chi connectivity index (χ4n) is 4.66. The highest BCUT2D eigenvalue weighted by molar-refractivity contribution is 6.30. The van der Waals surface area contributed by atoms with Crippen LogP contribution in [0.1, 0.15) is 29.9 Å². The maximum atomic E-state index is 12.9. The second kappa shape index (κ2) is 8.40. The smallest absolute Gasteiger partial charge is 0.254 e. The average molecular weight is 432 g/mol. The van der Waals surface area contributed by atoms with Crippen LogP contribution in [0.2, 0.25) is 5.02 Å². The molecule has 2 heterocycles. The van der Waals surface area contributed by atoms with E-state index in [-0.39, 0.29) is 35.8 Å². The number of ether oxygens (including phenoxy) is 1. The van der Waals surface area contributed by atoms with Gasteiger partial charge in [-0.25, -0.2) is 4.98 Å². The first-order chi connectivity index (χ1) is 14.3. The number of hydrogen-bond donors (Lipinski definition) is 2. The molecule has 1 aromatic carbocycles. The number of rotatable bonds is 4. The monoisotopic (exact) mass is 431 g/mol. The van der Waals surface area contributed by atoms with Crippen LogP contribution in [-0.4, -0.2) is 51.2 Å². The van der Waals surface area contributed by atoms with E-state index in [1.807, 2.05) is 17.0 Å². The van der Waals surface area contributed by atoms with E-state index in [1.165, 1.54) is 0 Å². The van der Waals surface area contributed by atoms with Crippen molar-refractivity contribution < 1.29 is 14.6 Å². The highest BCUT2D eigenvalue weighted by Gasteiger charge is 2.44. The predicted octanol–water partition coefficient (Wildman–Crippen LogP) is 2.26. The van der Waals surface area contributed by atoms with Crippen LogP contribution in [0, 0.1) is 25.7 Å². The maximum Gasteiger partial charge on any atom is 0.254 e. The number of halogens is 1. The highest BCUT2D eigenvalue weighted by atomic mass is 35.5. The van der Waals surface area contributed by atoms with Crippen molar-refractivity contribution >= 4 is 17.5 Å². The number of aromatic nitrogens is 2. The Balaban J connectivity index is 1.41. The molecule has 8 heteroatoms. The Hall–Kier alpha value is -2.38. The summed E-state index contributed by atoms with van der Waals surface area (Å²) in [6.07, 6.45) is 0.385. The van der Waals surface area contributed by atoms with Crippen LogP contribution in [0.5, 0.6) is 5.75 Å². The van der Waals surface area contributed by atoms with Crippen molar-refractivity contribution in [1.29, 1.82) is 0 Å². The third kappa shape index (κ3) is 4.37. The minimum absolute atomic E-state index is 0.0406. The third-order valence-corrected chi connectivity index (χ3v) is 6.42. The van der Waals surface area contributed by atoms with Crippen LogP contribution >= 0.6 is 11.6 Å². The Labute approximate surface area is 180 Å². The van der Waals surface area contributed by atoms with Crippen molar-refractivity contribution in [3.8, 4) is 5.75 Å². The summed E-state index contributed by atoms with van der Waals surface area (Å²) in [5.41, 5.74) is 0.754. The van der Waals surface area contributed by atoms with Gasteiger partial charge in [-0.1, -0.05) is 17.7 Å². The van der Waals surface area contributed by atoms with Crippen molar-refractivity contribution in [3.63, 3.8) is 0 Å². The Morgan fingerprint density at radius 2 is 2.03 bits per heavy atom. The normalized spacial score (nSPS) is 25.8. The summed E-state index contributed by atoms with van der Waals surface area (Å²) in [5.74, 6) is 1.60. The van der Waals surface area contributed by atoms with Gasteiger partial charge in [0.15, 0.2) is 0 Å². The minimum Gasteiger partial charge on any atom is -0.488 e. The number of nitrogens with zero attached hydrogens (tertiary/aromatic N) is 2. The number of amides is 1. The summed E-state index contributed by atoms with van der Waals surface area (Å²) < 4.78 is 6.00. The first-order valence-corrected chi connectivity index (χ1v) is 10.6. The van der Waals surface area contributed by atoms with Gasteiger partial charge in [0.25, 0.3) is 5.56 Å². The summed E-state index contributed by atoms with van der Waals surface area (Å²) in [6.45, 7) is 4.68. The van der Waals surface area contributed by atoms with Gasteiger partial charge in [-0.05, 0) is 56.7 Å². The molecule has 1 saturated heterocycles. The summed E-state index contributed by atoms with van der Waals surface area (Å²) in [6, 6.07) is 7.15. The van der Waals surface area contributed by atoms with Crippen LogP contribution < -0.4 is 10.3 Å². The molecule has 160 valence electrons. The molecule has 1 aliphatic carbocycles. The number of aliphatic hydroxyl groups excluding tert-OH is 1. The first kappa shape index (κ1) is 20.9. The number of nitrogens with one attached hydrogen (secondary N) is 1. The lowest BCUT2D eigenvalue weighted by Gasteiger charge is -2.35. The number of hydrogen-bond acceptors (Lipinski definition) is 5. The molecule has 1 amide bonds. The minimum atomic E-state index is -0.591. The van der Waals surface area contributed by atoms with Gasteiger partial charge in [0.1, 0.15) is 17.7 Å². The van der Waals surface area contributed by atoms with Gasteiger partial charge in [0.2, 0.25) is 5.91 Å². The fraction of sp³-hybridized carbons (Fsp3) is 0.500. The van der Waals surface area contributed by atoms with Gasteiger partial charge < -0.3 is 19.7 Å². The van der Waals surface area contributed by atoms with E-state index < -0.39 is 6.10 Å². The van der Waals surface area contributed by atoms with E-state index in [0.717, 1.165) is 0 Å². The van der Waals surface area contributed by atoms with E-state index >= 15 is 0 Å². The van der Waals surface area contributed by atoms with E-state index in [4.69, 9.17) is 16.3 Å². The van der Waals surface area contributed by atoms with Gasteiger partial charge >= 0.3 is 0 Å². The molecule has 0 radical (unpaired) electrons. The quantitative estimate of drug-likeness (QED) is 0.774. The number of H-pyrrole nitrogens is 1. The Bertz CT molecular complexity index is 1010. The number of aliphatic hydroxyl groups is 1. The zero-order chi connectivity index (χ0) is 21.4. The molecular formula is C22H26ClN3O4. The standard InChI is InChI=1S/C22H26ClN3O4/c1-12-18(22(29)25-13(2)24-12)9-21(28)26-10-14-6-19(27)20(7-15(14)11-26)30-17-5-3-4-16(23)8-17/h3-5,8,14-15,19-20,27H,6-7,9-11H2,1-2H3,(H,24,25,29)/t14-,15+,19+,20+/m0/s1. The number of carbonyl (C=O) groups is 1.